The smallest absolute Gasteiger partial charge is 0.264 e. The number of aldehydes is 1. The van der Waals surface area contributed by atoms with Crippen LogP contribution in [-0.4, -0.2) is 23.0 Å². The predicted octanol–water partition coefficient (Wildman–Crippen LogP) is 1.78. The number of carbonyl (C=O) groups excluding carboxylic acids is 3. The average molecular weight is 229 g/mol. The van der Waals surface area contributed by atoms with E-state index in [4.69, 9.17) is 0 Å². The van der Waals surface area contributed by atoms with E-state index in [9.17, 15) is 14.4 Å². The molecule has 0 spiro atoms. The first-order valence-electron chi connectivity index (χ1n) is 5.24. The summed E-state index contributed by atoms with van der Waals surface area (Å²) in [6.07, 6.45) is 1.56. The van der Waals surface area contributed by atoms with Gasteiger partial charge in [0.25, 0.3) is 5.91 Å². The molecule has 1 aromatic rings. The van der Waals surface area contributed by atoms with Crippen molar-refractivity contribution in [3.05, 3.63) is 47.7 Å². The molecular weight excluding hydrogens is 218 g/mol. The van der Waals surface area contributed by atoms with Gasteiger partial charge in [-0.25, -0.2) is 0 Å². The van der Waals surface area contributed by atoms with Crippen LogP contribution in [0.2, 0.25) is 0 Å². The number of likely N-dealkylation sites (tertiary alicyclic amines) is 1. The van der Waals surface area contributed by atoms with E-state index >= 15 is 0 Å². The third-order valence-electron chi connectivity index (χ3n) is 2.69. The molecule has 0 saturated carbocycles. The van der Waals surface area contributed by atoms with E-state index in [1.165, 1.54) is 12.1 Å². The van der Waals surface area contributed by atoms with E-state index < -0.39 is 0 Å². The fraction of sp³-hybridized carbons (Fsp3) is 0.154. The van der Waals surface area contributed by atoms with Crippen LogP contribution in [0.15, 0.2) is 36.5 Å². The Kier molecular flexibility index (Phi) is 2.87. The number of rotatable bonds is 2. The van der Waals surface area contributed by atoms with Crippen molar-refractivity contribution in [1.29, 1.82) is 0 Å². The lowest BCUT2D eigenvalue weighted by atomic mass is 10.1. The molecule has 2 rings (SSSR count). The standard InChI is InChI=1S/C13H11NO3/c1-9-2-7-12(16)14(9)13(17)11-5-3-10(8-15)4-6-11/h3-6,8H,1-2,7H2. The maximum Gasteiger partial charge on any atom is 0.264 e. The topological polar surface area (TPSA) is 54.5 Å². The van der Waals surface area contributed by atoms with Gasteiger partial charge in [0.05, 0.1) is 0 Å². The Bertz CT molecular complexity index is 486. The van der Waals surface area contributed by atoms with Gasteiger partial charge >= 0.3 is 0 Å². The Balaban J connectivity index is 2.27. The van der Waals surface area contributed by atoms with Crippen LogP contribution in [0.5, 0.6) is 0 Å². The normalized spacial score (nSPS) is 15.2. The number of hydrogen-bond acceptors (Lipinski definition) is 3. The van der Waals surface area contributed by atoms with Crippen LogP contribution in [-0.2, 0) is 4.79 Å². The van der Waals surface area contributed by atoms with Crippen molar-refractivity contribution in [3.8, 4) is 0 Å². The molecule has 1 fully saturated rings. The highest BCUT2D eigenvalue weighted by molar-refractivity contribution is 6.07. The molecule has 1 aliphatic rings. The molecule has 17 heavy (non-hydrogen) atoms. The number of carbonyl (C=O) groups is 3. The van der Waals surface area contributed by atoms with Gasteiger partial charge in [0, 0.05) is 23.2 Å². The summed E-state index contributed by atoms with van der Waals surface area (Å²) >= 11 is 0. The van der Waals surface area contributed by atoms with Gasteiger partial charge in [-0.15, -0.1) is 0 Å². The summed E-state index contributed by atoms with van der Waals surface area (Å²) < 4.78 is 0. The van der Waals surface area contributed by atoms with E-state index in [1.54, 1.807) is 12.1 Å². The first-order chi connectivity index (χ1) is 8.13. The second kappa shape index (κ2) is 4.33. The van der Waals surface area contributed by atoms with Gasteiger partial charge in [-0.05, 0) is 18.6 Å². The van der Waals surface area contributed by atoms with Crippen LogP contribution < -0.4 is 0 Å². The van der Waals surface area contributed by atoms with Crippen molar-refractivity contribution in [1.82, 2.24) is 4.90 Å². The maximum atomic E-state index is 12.0. The molecule has 0 unspecified atom stereocenters. The molecule has 4 heteroatoms. The minimum Gasteiger partial charge on any atom is -0.298 e. The quantitative estimate of drug-likeness (QED) is 0.573. The zero-order valence-electron chi connectivity index (χ0n) is 9.18. The van der Waals surface area contributed by atoms with E-state index in [1.807, 2.05) is 0 Å². The van der Waals surface area contributed by atoms with Crippen LogP contribution in [0.4, 0.5) is 0 Å². The lowest BCUT2D eigenvalue weighted by molar-refractivity contribution is -0.124. The number of hydrogen-bond donors (Lipinski definition) is 0. The zero-order valence-corrected chi connectivity index (χ0v) is 9.18. The summed E-state index contributed by atoms with van der Waals surface area (Å²) in [5.74, 6) is -0.602. The van der Waals surface area contributed by atoms with Gasteiger partial charge in [-0.3, -0.25) is 19.3 Å². The third kappa shape index (κ3) is 2.01. The predicted molar refractivity (Wildman–Crippen MR) is 61.4 cm³/mol. The van der Waals surface area contributed by atoms with Gasteiger partial charge in [0.15, 0.2) is 0 Å². The fourth-order valence-electron chi connectivity index (χ4n) is 1.74. The third-order valence-corrected chi connectivity index (χ3v) is 2.69. The second-order valence-electron chi connectivity index (χ2n) is 3.84. The largest absolute Gasteiger partial charge is 0.298 e. The van der Waals surface area contributed by atoms with Gasteiger partial charge < -0.3 is 0 Å². The highest BCUT2D eigenvalue weighted by Gasteiger charge is 2.30. The Morgan fingerprint density at radius 3 is 2.35 bits per heavy atom. The lowest BCUT2D eigenvalue weighted by Gasteiger charge is -2.14. The molecule has 4 nitrogen and oxygen atoms in total. The van der Waals surface area contributed by atoms with Crippen LogP contribution in [0, 0.1) is 0 Å². The molecule has 0 atom stereocenters. The van der Waals surface area contributed by atoms with Gasteiger partial charge in [-0.1, -0.05) is 18.7 Å². The van der Waals surface area contributed by atoms with E-state index in [-0.39, 0.29) is 11.8 Å². The van der Waals surface area contributed by atoms with Gasteiger partial charge in [0.1, 0.15) is 6.29 Å². The van der Waals surface area contributed by atoms with Crippen LogP contribution >= 0.6 is 0 Å². The van der Waals surface area contributed by atoms with E-state index in [0.717, 1.165) is 4.90 Å². The highest BCUT2D eigenvalue weighted by Crippen LogP contribution is 2.23. The Hall–Kier alpha value is -2.23. The SMILES string of the molecule is C=C1CCC(=O)N1C(=O)c1ccc(C=O)cc1. The summed E-state index contributed by atoms with van der Waals surface area (Å²) in [5.41, 5.74) is 1.40. The van der Waals surface area contributed by atoms with Crippen LogP contribution in [0.25, 0.3) is 0 Å². The number of nitrogens with zero attached hydrogens (tertiary/aromatic N) is 1. The number of benzene rings is 1. The van der Waals surface area contributed by atoms with Crippen molar-refractivity contribution in [2.45, 2.75) is 12.8 Å². The molecule has 0 N–H and O–H groups in total. The molecule has 86 valence electrons. The molecule has 1 aromatic carbocycles. The molecule has 2 amide bonds. The minimum atomic E-state index is -0.380. The number of allylic oxidation sites excluding steroid dienone is 1. The summed E-state index contributed by atoms with van der Waals surface area (Å²) in [4.78, 5) is 35.1. The molecular formula is C13H11NO3. The molecule has 1 saturated heterocycles. The Morgan fingerprint density at radius 2 is 1.88 bits per heavy atom. The maximum absolute atomic E-state index is 12.0. The van der Waals surface area contributed by atoms with Crippen LogP contribution in [0.1, 0.15) is 33.6 Å². The monoisotopic (exact) mass is 229 g/mol. The second-order valence-corrected chi connectivity index (χ2v) is 3.84. The Labute approximate surface area is 98.5 Å². The summed E-state index contributed by atoms with van der Waals surface area (Å²) in [5, 5.41) is 0. The molecule has 0 aliphatic carbocycles. The summed E-state index contributed by atoms with van der Waals surface area (Å²) in [6.45, 7) is 3.69. The number of amides is 2. The summed E-state index contributed by atoms with van der Waals surface area (Å²) in [6, 6.07) is 6.16. The number of imide groups is 1. The van der Waals surface area contributed by atoms with Gasteiger partial charge in [-0.2, -0.15) is 0 Å². The van der Waals surface area contributed by atoms with Crippen molar-refractivity contribution in [2.75, 3.05) is 0 Å². The fourth-order valence-corrected chi connectivity index (χ4v) is 1.74. The first kappa shape index (κ1) is 11.3. The minimum absolute atomic E-state index is 0.223. The van der Waals surface area contributed by atoms with E-state index in [0.29, 0.717) is 36.0 Å². The molecule has 0 aromatic heterocycles. The zero-order chi connectivity index (χ0) is 12.4. The molecule has 1 heterocycles. The average Bonchev–Trinajstić information content (AvgIpc) is 2.68. The van der Waals surface area contributed by atoms with E-state index in [2.05, 4.69) is 6.58 Å². The molecule has 1 aliphatic heterocycles. The molecule has 0 radical (unpaired) electrons. The lowest BCUT2D eigenvalue weighted by Crippen LogP contribution is -2.30. The highest BCUT2D eigenvalue weighted by atomic mass is 16.2. The van der Waals surface area contributed by atoms with Crippen molar-refractivity contribution in [2.24, 2.45) is 0 Å². The van der Waals surface area contributed by atoms with Crippen molar-refractivity contribution < 1.29 is 14.4 Å². The van der Waals surface area contributed by atoms with Gasteiger partial charge in [0.2, 0.25) is 5.91 Å². The van der Waals surface area contributed by atoms with Crippen LogP contribution in [0.3, 0.4) is 0 Å². The molecule has 0 bridgehead atoms. The Morgan fingerprint density at radius 1 is 1.24 bits per heavy atom. The first-order valence-corrected chi connectivity index (χ1v) is 5.24. The summed E-state index contributed by atoms with van der Waals surface area (Å²) in [7, 11) is 0. The van der Waals surface area contributed by atoms with Crippen molar-refractivity contribution >= 4 is 18.1 Å². The van der Waals surface area contributed by atoms with Crippen molar-refractivity contribution in [3.63, 3.8) is 0 Å².